The molecule has 0 saturated heterocycles. The number of benzene rings is 3. The second-order valence-electron chi connectivity index (χ2n) is 17.8. The summed E-state index contributed by atoms with van der Waals surface area (Å²) >= 11 is 0. The first-order chi connectivity index (χ1) is 25.2. The summed E-state index contributed by atoms with van der Waals surface area (Å²) in [6, 6.07) is 26.2. The van der Waals surface area contributed by atoms with Gasteiger partial charge in [-0.2, -0.15) is 5.10 Å². The van der Waals surface area contributed by atoms with Gasteiger partial charge in [0.1, 0.15) is 17.3 Å². The van der Waals surface area contributed by atoms with Gasteiger partial charge < -0.3 is 4.74 Å². The summed E-state index contributed by atoms with van der Waals surface area (Å²) in [6.07, 6.45) is 7.61. The molecule has 0 bridgehead atoms. The number of ether oxygens (including phenoxy) is 1. The Morgan fingerprint density at radius 1 is 0.811 bits per heavy atom. The van der Waals surface area contributed by atoms with Gasteiger partial charge in [0.2, 0.25) is 0 Å². The highest BCUT2D eigenvalue weighted by atomic mass is 16.5. The van der Waals surface area contributed by atoms with Crippen molar-refractivity contribution in [1.82, 2.24) is 19.3 Å². The zero-order chi connectivity index (χ0) is 37.8. The summed E-state index contributed by atoms with van der Waals surface area (Å²) in [6.45, 7) is 25.3. The molecule has 6 aromatic rings. The highest BCUT2D eigenvalue weighted by Crippen LogP contribution is 2.44. The van der Waals surface area contributed by atoms with Crippen molar-refractivity contribution >= 4 is 21.8 Å². The smallest absolute Gasteiger partial charge is 0.137 e. The maximum Gasteiger partial charge on any atom is 0.137 e. The van der Waals surface area contributed by atoms with Crippen molar-refractivity contribution in [3.63, 3.8) is 0 Å². The first-order valence-corrected chi connectivity index (χ1v) is 19.8. The van der Waals surface area contributed by atoms with Crippen molar-refractivity contribution in [3.8, 4) is 23.0 Å². The van der Waals surface area contributed by atoms with Gasteiger partial charge in [-0.05, 0) is 116 Å². The average Bonchev–Trinajstić information content (AvgIpc) is 3.57. The summed E-state index contributed by atoms with van der Waals surface area (Å²) in [4.78, 5) is 4.88. The molecule has 5 heteroatoms. The van der Waals surface area contributed by atoms with E-state index in [4.69, 9.17) is 14.8 Å². The molecule has 0 saturated carbocycles. The minimum atomic E-state index is -0.0895. The Morgan fingerprint density at radius 2 is 1.55 bits per heavy atom. The zero-order valence-electron chi connectivity index (χ0n) is 33.8. The fourth-order valence-electron chi connectivity index (χ4n) is 8.87. The quantitative estimate of drug-likeness (QED) is 0.141. The van der Waals surface area contributed by atoms with E-state index in [-0.39, 0.29) is 5.41 Å². The predicted octanol–water partition coefficient (Wildman–Crippen LogP) is 12.9. The monoisotopic (exact) mass is 706 g/mol. The van der Waals surface area contributed by atoms with Crippen LogP contribution >= 0.6 is 0 Å². The van der Waals surface area contributed by atoms with Crippen LogP contribution in [0.15, 0.2) is 90.6 Å². The molecule has 0 amide bonds. The lowest BCUT2D eigenvalue weighted by Gasteiger charge is -2.33. The number of nitrogens with zero attached hydrogens (tertiary/aromatic N) is 4. The van der Waals surface area contributed by atoms with Crippen LogP contribution in [0.3, 0.4) is 0 Å². The van der Waals surface area contributed by atoms with Crippen LogP contribution in [0.4, 0.5) is 0 Å². The van der Waals surface area contributed by atoms with Gasteiger partial charge in [-0.25, -0.2) is 9.67 Å². The van der Waals surface area contributed by atoms with Crippen LogP contribution in [0.25, 0.3) is 33.3 Å². The van der Waals surface area contributed by atoms with E-state index >= 15 is 0 Å². The van der Waals surface area contributed by atoms with Crippen molar-refractivity contribution in [2.45, 2.75) is 107 Å². The summed E-state index contributed by atoms with van der Waals surface area (Å²) in [5, 5.41) is 7.71. The minimum Gasteiger partial charge on any atom is -0.457 e. The molecule has 276 valence electrons. The molecular weight excluding hydrogens is 649 g/mol. The Bertz CT molecular complexity index is 2310. The van der Waals surface area contributed by atoms with Gasteiger partial charge in [0.25, 0.3) is 0 Å². The molecule has 0 unspecified atom stereocenters. The van der Waals surface area contributed by atoms with Crippen LogP contribution in [0.2, 0.25) is 0 Å². The molecule has 1 aliphatic rings. The van der Waals surface area contributed by atoms with Crippen LogP contribution in [-0.2, 0) is 18.3 Å². The summed E-state index contributed by atoms with van der Waals surface area (Å²) in [7, 11) is 0. The maximum absolute atomic E-state index is 6.88. The van der Waals surface area contributed by atoms with Gasteiger partial charge in [-0.3, -0.25) is 4.57 Å². The number of aryl methyl sites for hydroxylation is 1. The van der Waals surface area contributed by atoms with E-state index < -0.39 is 0 Å². The molecule has 3 atom stereocenters. The van der Waals surface area contributed by atoms with Crippen molar-refractivity contribution in [2.75, 3.05) is 0 Å². The van der Waals surface area contributed by atoms with E-state index in [2.05, 4.69) is 164 Å². The largest absolute Gasteiger partial charge is 0.457 e. The molecule has 0 spiro atoms. The van der Waals surface area contributed by atoms with Gasteiger partial charge >= 0.3 is 0 Å². The second-order valence-corrected chi connectivity index (χ2v) is 17.8. The molecule has 0 aliphatic heterocycles. The van der Waals surface area contributed by atoms with Gasteiger partial charge in [0.15, 0.2) is 0 Å². The lowest BCUT2D eigenvalue weighted by atomic mass is 9.72. The first kappa shape index (κ1) is 36.7. The zero-order valence-corrected chi connectivity index (χ0v) is 33.8. The number of para-hydroxylation sites is 1. The van der Waals surface area contributed by atoms with Gasteiger partial charge in [-0.1, -0.05) is 92.2 Å². The molecule has 0 N–H and O–H groups in total. The number of hydrogen-bond donors (Lipinski definition) is 0. The van der Waals surface area contributed by atoms with E-state index in [0.29, 0.717) is 29.6 Å². The van der Waals surface area contributed by atoms with Crippen molar-refractivity contribution in [1.29, 1.82) is 0 Å². The SMILES string of the molecule is CC1=C[C@H](C)C[C@H](C)[C@H]1c1c(C)nn(-c2cc(Oc3ccc4c5ccccc5n(-c5cc(CC(C)C)ccn5)c4c3)cc(C(C)(C)C)c2)c1CC(C)C. The van der Waals surface area contributed by atoms with Crippen LogP contribution in [0.5, 0.6) is 11.5 Å². The maximum atomic E-state index is 6.88. The van der Waals surface area contributed by atoms with Crippen molar-refractivity contribution in [2.24, 2.45) is 23.7 Å². The third-order valence-corrected chi connectivity index (χ3v) is 11.0. The molecular formula is C48H58N4O. The van der Waals surface area contributed by atoms with E-state index in [1.165, 1.54) is 45.2 Å². The third kappa shape index (κ3) is 7.32. The molecule has 3 aromatic heterocycles. The summed E-state index contributed by atoms with van der Waals surface area (Å²) < 4.78 is 11.4. The van der Waals surface area contributed by atoms with Gasteiger partial charge in [0, 0.05) is 46.3 Å². The molecule has 1 aliphatic carbocycles. The third-order valence-electron chi connectivity index (χ3n) is 11.0. The van der Waals surface area contributed by atoms with Crippen molar-refractivity contribution in [3.05, 3.63) is 119 Å². The van der Waals surface area contributed by atoms with Crippen molar-refractivity contribution < 1.29 is 4.74 Å². The fourth-order valence-corrected chi connectivity index (χ4v) is 8.87. The number of allylic oxidation sites excluding steroid dienone is 2. The molecule has 53 heavy (non-hydrogen) atoms. The molecule has 3 heterocycles. The highest BCUT2D eigenvalue weighted by Gasteiger charge is 2.33. The fraction of sp³-hybridized carbons (Fsp3) is 0.417. The predicted molar refractivity (Wildman–Crippen MR) is 222 cm³/mol. The summed E-state index contributed by atoms with van der Waals surface area (Å²) in [5.74, 6) is 5.15. The highest BCUT2D eigenvalue weighted by molar-refractivity contribution is 6.09. The molecule has 0 fully saturated rings. The van der Waals surface area contributed by atoms with Gasteiger partial charge in [0.05, 0.1) is 22.4 Å². The average molecular weight is 707 g/mol. The van der Waals surface area contributed by atoms with Gasteiger partial charge in [-0.15, -0.1) is 0 Å². The van der Waals surface area contributed by atoms with Crippen LogP contribution in [-0.4, -0.2) is 19.3 Å². The van der Waals surface area contributed by atoms with E-state index in [1.807, 2.05) is 6.20 Å². The Labute approximate surface area is 317 Å². The van der Waals surface area contributed by atoms with E-state index in [0.717, 1.165) is 52.6 Å². The normalized spacial score (nSPS) is 18.1. The summed E-state index contributed by atoms with van der Waals surface area (Å²) in [5.41, 5.74) is 11.0. The molecule has 3 aromatic carbocycles. The number of aromatic nitrogens is 4. The first-order valence-electron chi connectivity index (χ1n) is 19.8. The number of fused-ring (bicyclic) bond motifs is 3. The molecule has 5 nitrogen and oxygen atoms in total. The number of pyridine rings is 1. The minimum absolute atomic E-state index is 0.0895. The topological polar surface area (TPSA) is 44.9 Å². The van der Waals surface area contributed by atoms with Crippen LogP contribution < -0.4 is 4.74 Å². The lowest BCUT2D eigenvalue weighted by Crippen LogP contribution is -2.21. The molecule has 0 radical (unpaired) electrons. The van der Waals surface area contributed by atoms with E-state index in [9.17, 15) is 0 Å². The second kappa shape index (κ2) is 14.3. The Hall–Kier alpha value is -4.64. The standard InChI is InChI=1S/C48H58N4O/c1-29(2)20-35-18-19-49-45(24-35)51-42-15-13-12-14-40(42)41-17-16-38(28-43(41)51)53-39-26-36(48(9,10)11)25-37(27-39)52-44(21-30(3)4)47(34(8)50-52)46-32(6)22-31(5)23-33(46)7/h12-19,22,24-31,33,46H,20-21,23H2,1-11H3/t31-,33-,46-/m0/s1. The lowest BCUT2D eigenvalue weighted by molar-refractivity contribution is 0.388. The number of hydrogen-bond acceptors (Lipinski definition) is 3. The van der Waals surface area contributed by atoms with Crippen LogP contribution in [0.1, 0.15) is 110 Å². The number of rotatable bonds is 9. The Balaban J connectivity index is 1.35. The molecule has 7 rings (SSSR count). The Kier molecular flexibility index (Phi) is 9.91. The Morgan fingerprint density at radius 3 is 2.26 bits per heavy atom. The van der Waals surface area contributed by atoms with Crippen LogP contribution in [0, 0.1) is 30.6 Å². The van der Waals surface area contributed by atoms with E-state index in [1.54, 1.807) is 0 Å².